The fourth-order valence-electron chi connectivity index (χ4n) is 2.68. The molecule has 0 radical (unpaired) electrons. The van der Waals surface area contributed by atoms with Gasteiger partial charge in [-0.1, -0.05) is 31.2 Å². The number of amides is 1. The van der Waals surface area contributed by atoms with Gasteiger partial charge in [0.25, 0.3) is 5.91 Å². The van der Waals surface area contributed by atoms with E-state index in [0.29, 0.717) is 5.57 Å². The second-order valence-electron chi connectivity index (χ2n) is 6.29. The summed E-state index contributed by atoms with van der Waals surface area (Å²) >= 11 is 1.67. The van der Waals surface area contributed by atoms with Gasteiger partial charge in [0.2, 0.25) is 0 Å². The molecule has 0 saturated carbocycles. The van der Waals surface area contributed by atoms with Crippen LogP contribution in [0.1, 0.15) is 18.4 Å². The molecule has 1 aliphatic rings. The molecule has 1 amide bonds. The number of hydrogen-bond acceptors (Lipinski definition) is 4. The number of nitrogens with zero attached hydrogens (tertiary/aromatic N) is 2. The van der Waals surface area contributed by atoms with Crippen molar-refractivity contribution in [3.8, 4) is 11.3 Å². The standard InChI is InChI=1S/C21H23N3OS/c1-4-20-23-19(14-26-20)16-8-5-9-17(13-16)22-21(25)15-7-6-10-18(12-11-15)24(2)3/h5-11,13-14H,4,12H2,1-3H3,(H,22,25). The van der Waals surface area contributed by atoms with Crippen molar-refractivity contribution in [2.24, 2.45) is 0 Å². The van der Waals surface area contributed by atoms with Gasteiger partial charge >= 0.3 is 0 Å². The van der Waals surface area contributed by atoms with Crippen molar-refractivity contribution in [3.63, 3.8) is 0 Å². The average Bonchev–Trinajstić information content (AvgIpc) is 2.98. The molecule has 5 heteroatoms. The van der Waals surface area contributed by atoms with Crippen molar-refractivity contribution in [1.29, 1.82) is 0 Å². The minimum atomic E-state index is -0.0978. The Labute approximate surface area is 158 Å². The number of anilines is 1. The minimum Gasteiger partial charge on any atom is -0.381 e. The van der Waals surface area contributed by atoms with Gasteiger partial charge in [0.1, 0.15) is 0 Å². The van der Waals surface area contributed by atoms with Gasteiger partial charge in [-0.2, -0.15) is 0 Å². The topological polar surface area (TPSA) is 45.2 Å². The van der Waals surface area contributed by atoms with Gasteiger partial charge in [0.05, 0.1) is 10.7 Å². The van der Waals surface area contributed by atoms with Crippen LogP contribution in [0.15, 0.2) is 65.2 Å². The average molecular weight is 366 g/mol. The van der Waals surface area contributed by atoms with Gasteiger partial charge in [-0.25, -0.2) is 4.98 Å². The third-order valence-electron chi connectivity index (χ3n) is 4.20. The number of carbonyl (C=O) groups is 1. The molecule has 134 valence electrons. The molecule has 1 aromatic heterocycles. The number of thiazole rings is 1. The lowest BCUT2D eigenvalue weighted by atomic mass is 10.1. The third-order valence-corrected chi connectivity index (χ3v) is 5.20. The van der Waals surface area contributed by atoms with E-state index in [2.05, 4.69) is 27.5 Å². The molecule has 0 unspecified atom stereocenters. The Bertz CT molecular complexity index is 890. The Kier molecular flexibility index (Phi) is 5.68. The first-order valence-corrected chi connectivity index (χ1v) is 9.55. The fraction of sp³-hybridized carbons (Fsp3) is 0.238. The number of aromatic nitrogens is 1. The highest BCUT2D eigenvalue weighted by Gasteiger charge is 2.11. The Morgan fingerprint density at radius 1 is 1.35 bits per heavy atom. The van der Waals surface area contributed by atoms with Gasteiger partial charge in [-0.3, -0.25) is 4.79 Å². The van der Waals surface area contributed by atoms with E-state index in [9.17, 15) is 4.79 Å². The van der Waals surface area contributed by atoms with Crippen LogP contribution in [0, 0.1) is 0 Å². The normalized spacial score (nSPS) is 13.7. The summed E-state index contributed by atoms with van der Waals surface area (Å²) < 4.78 is 0. The van der Waals surface area contributed by atoms with Crippen LogP contribution in [0.5, 0.6) is 0 Å². The molecular weight excluding hydrogens is 342 g/mol. The second-order valence-corrected chi connectivity index (χ2v) is 7.23. The molecule has 1 N–H and O–H groups in total. The SMILES string of the molecule is CCc1nc(-c2cccc(NC(=O)C3=CCC(N(C)C)=CC=C3)c2)cs1. The van der Waals surface area contributed by atoms with Crippen LogP contribution in [0.2, 0.25) is 0 Å². The van der Waals surface area contributed by atoms with Crippen molar-refractivity contribution in [3.05, 3.63) is 70.2 Å². The second kappa shape index (κ2) is 8.15. The summed E-state index contributed by atoms with van der Waals surface area (Å²) in [5.41, 5.74) is 4.58. The van der Waals surface area contributed by atoms with Crippen molar-refractivity contribution in [2.75, 3.05) is 19.4 Å². The molecule has 2 aromatic rings. The number of nitrogens with one attached hydrogen (secondary N) is 1. The lowest BCUT2D eigenvalue weighted by molar-refractivity contribution is -0.112. The molecule has 3 rings (SSSR count). The summed E-state index contributed by atoms with van der Waals surface area (Å²) in [6.07, 6.45) is 9.44. The molecule has 0 fully saturated rings. The van der Waals surface area contributed by atoms with Crippen LogP contribution in [0.4, 0.5) is 5.69 Å². The number of carbonyl (C=O) groups excluding carboxylic acids is 1. The van der Waals surface area contributed by atoms with Gasteiger partial charge < -0.3 is 10.2 Å². The monoisotopic (exact) mass is 365 g/mol. The zero-order valence-corrected chi connectivity index (χ0v) is 16.1. The molecule has 0 aliphatic heterocycles. The van der Waals surface area contributed by atoms with Gasteiger partial charge in [0, 0.05) is 48.4 Å². The van der Waals surface area contributed by atoms with E-state index in [4.69, 9.17) is 0 Å². The largest absolute Gasteiger partial charge is 0.381 e. The number of allylic oxidation sites excluding steroid dienone is 3. The summed E-state index contributed by atoms with van der Waals surface area (Å²) in [5.74, 6) is -0.0978. The lowest BCUT2D eigenvalue weighted by Gasteiger charge is -2.14. The molecule has 0 spiro atoms. The molecule has 26 heavy (non-hydrogen) atoms. The van der Waals surface area contributed by atoms with Gasteiger partial charge in [-0.15, -0.1) is 11.3 Å². The van der Waals surface area contributed by atoms with E-state index in [1.165, 1.54) is 5.70 Å². The highest BCUT2D eigenvalue weighted by Crippen LogP contribution is 2.25. The van der Waals surface area contributed by atoms with Crippen LogP contribution in [-0.4, -0.2) is 29.9 Å². The lowest BCUT2D eigenvalue weighted by Crippen LogP contribution is -2.14. The summed E-state index contributed by atoms with van der Waals surface area (Å²) in [6.45, 7) is 2.10. The molecule has 1 aromatic carbocycles. The van der Waals surface area contributed by atoms with Crippen LogP contribution < -0.4 is 5.32 Å². The zero-order valence-electron chi connectivity index (χ0n) is 15.3. The van der Waals surface area contributed by atoms with Crippen molar-refractivity contribution >= 4 is 22.9 Å². The molecule has 0 bridgehead atoms. The molecule has 4 nitrogen and oxygen atoms in total. The first kappa shape index (κ1) is 18.1. The molecule has 0 atom stereocenters. The van der Waals surface area contributed by atoms with Crippen molar-refractivity contribution in [2.45, 2.75) is 19.8 Å². The van der Waals surface area contributed by atoms with Crippen LogP contribution in [-0.2, 0) is 11.2 Å². The highest BCUT2D eigenvalue weighted by atomic mass is 32.1. The Morgan fingerprint density at radius 3 is 2.92 bits per heavy atom. The predicted molar refractivity (Wildman–Crippen MR) is 109 cm³/mol. The Morgan fingerprint density at radius 2 is 2.19 bits per heavy atom. The first-order valence-electron chi connectivity index (χ1n) is 8.67. The fourth-order valence-corrected chi connectivity index (χ4v) is 3.43. The molecule has 1 aliphatic carbocycles. The van der Waals surface area contributed by atoms with E-state index < -0.39 is 0 Å². The van der Waals surface area contributed by atoms with Crippen LogP contribution in [0.3, 0.4) is 0 Å². The summed E-state index contributed by atoms with van der Waals surface area (Å²) in [6, 6.07) is 7.83. The predicted octanol–water partition coefficient (Wildman–Crippen LogP) is 4.64. The quantitative estimate of drug-likeness (QED) is 0.839. The maximum atomic E-state index is 12.6. The van der Waals surface area contributed by atoms with E-state index in [-0.39, 0.29) is 5.91 Å². The van der Waals surface area contributed by atoms with E-state index >= 15 is 0 Å². The van der Waals surface area contributed by atoms with Crippen molar-refractivity contribution < 1.29 is 4.79 Å². The highest BCUT2D eigenvalue weighted by molar-refractivity contribution is 7.09. The minimum absolute atomic E-state index is 0.0978. The van der Waals surface area contributed by atoms with Crippen LogP contribution >= 0.6 is 11.3 Å². The van der Waals surface area contributed by atoms with Gasteiger partial charge in [-0.05, 0) is 30.7 Å². The Balaban J connectivity index is 1.73. The summed E-state index contributed by atoms with van der Waals surface area (Å²) in [7, 11) is 4.01. The molecule has 1 heterocycles. The molecular formula is C21H23N3OS. The number of hydrogen-bond donors (Lipinski definition) is 1. The smallest absolute Gasteiger partial charge is 0.255 e. The van der Waals surface area contributed by atoms with E-state index in [1.54, 1.807) is 11.3 Å². The maximum Gasteiger partial charge on any atom is 0.255 e. The Hall–Kier alpha value is -2.66. The van der Waals surface area contributed by atoms with Gasteiger partial charge in [0.15, 0.2) is 0 Å². The first-order chi connectivity index (χ1) is 12.6. The van der Waals surface area contributed by atoms with Crippen molar-refractivity contribution in [1.82, 2.24) is 9.88 Å². The van der Waals surface area contributed by atoms with E-state index in [0.717, 1.165) is 34.8 Å². The van der Waals surface area contributed by atoms with E-state index in [1.807, 2.05) is 62.7 Å². The third kappa shape index (κ3) is 4.29. The number of aryl methyl sites for hydroxylation is 1. The number of rotatable bonds is 5. The number of benzene rings is 1. The molecule has 0 saturated heterocycles. The summed E-state index contributed by atoms with van der Waals surface area (Å²) in [5, 5.41) is 6.17. The van der Waals surface area contributed by atoms with Crippen LogP contribution in [0.25, 0.3) is 11.3 Å². The zero-order chi connectivity index (χ0) is 18.5. The maximum absolute atomic E-state index is 12.6. The summed E-state index contributed by atoms with van der Waals surface area (Å²) in [4.78, 5) is 19.3.